The number of aryl methyl sites for hydroxylation is 2. The van der Waals surface area contributed by atoms with Crippen molar-refractivity contribution in [3.8, 4) is 16.9 Å². The molecule has 1 aliphatic rings. The maximum absolute atomic E-state index is 15.1. The summed E-state index contributed by atoms with van der Waals surface area (Å²) in [5.41, 5.74) is 2.85. The van der Waals surface area contributed by atoms with Gasteiger partial charge < -0.3 is 9.84 Å². The van der Waals surface area contributed by atoms with E-state index in [1.807, 2.05) is 12.1 Å². The Balaban J connectivity index is 1.41. The van der Waals surface area contributed by atoms with Gasteiger partial charge in [0.2, 0.25) is 0 Å². The number of aliphatic hydroxyl groups is 1. The summed E-state index contributed by atoms with van der Waals surface area (Å²) < 4.78 is 49.8. The van der Waals surface area contributed by atoms with Crippen LogP contribution in [-0.4, -0.2) is 17.8 Å². The van der Waals surface area contributed by atoms with E-state index in [-0.39, 0.29) is 29.3 Å². The molecule has 3 aromatic rings. The minimum atomic E-state index is -0.821. The second-order valence-electron chi connectivity index (χ2n) is 9.73. The van der Waals surface area contributed by atoms with Gasteiger partial charge in [-0.1, -0.05) is 55.1 Å². The summed E-state index contributed by atoms with van der Waals surface area (Å²) in [5.74, 6) is -1.22. The zero-order chi connectivity index (χ0) is 25.7. The van der Waals surface area contributed by atoms with E-state index in [0.29, 0.717) is 41.9 Å². The molecule has 0 saturated heterocycles. The molecular weight excluding hydrogens is 461 g/mol. The largest absolute Gasteiger partial charge is 0.489 e. The van der Waals surface area contributed by atoms with Crippen LogP contribution in [0.3, 0.4) is 0 Å². The third-order valence-corrected chi connectivity index (χ3v) is 7.35. The molecule has 1 fully saturated rings. The highest BCUT2D eigenvalue weighted by Gasteiger charge is 2.28. The number of rotatable bonds is 9. The zero-order valence-corrected chi connectivity index (χ0v) is 20.7. The molecular formula is C31H33F3O2. The average molecular weight is 495 g/mol. The highest BCUT2D eigenvalue weighted by Crippen LogP contribution is 2.39. The molecule has 0 heterocycles. The van der Waals surface area contributed by atoms with Crippen LogP contribution < -0.4 is 4.74 Å². The van der Waals surface area contributed by atoms with Crippen molar-refractivity contribution in [1.82, 2.24) is 0 Å². The van der Waals surface area contributed by atoms with Crippen LogP contribution in [0, 0.1) is 23.4 Å². The fourth-order valence-corrected chi connectivity index (χ4v) is 5.12. The molecule has 3 aromatic carbocycles. The monoisotopic (exact) mass is 494 g/mol. The van der Waals surface area contributed by atoms with Crippen LogP contribution >= 0.6 is 0 Å². The maximum Gasteiger partial charge on any atom is 0.166 e. The Labute approximate surface area is 211 Å². The summed E-state index contributed by atoms with van der Waals surface area (Å²) in [6, 6.07) is 15.5. The molecule has 4 rings (SSSR count). The molecule has 1 aliphatic carbocycles. The maximum atomic E-state index is 15.1. The standard InChI is InChI=1S/C31H33F3O2/c1-3-18-36-26-15-14-25(29(32)19-26)9-6-21-4-7-23(8-5-21)27-16-17-28(31(34)30(27)33)24-12-10-22(11-13-24)20(2)35/h3-5,7-8,14-17,19-20,22,24,35H,1,6,9-13,18H2,2H3. The molecule has 0 radical (unpaired) electrons. The van der Waals surface area contributed by atoms with Gasteiger partial charge in [-0.15, -0.1) is 0 Å². The van der Waals surface area contributed by atoms with Crippen molar-refractivity contribution in [1.29, 1.82) is 0 Å². The normalized spacial score (nSPS) is 18.6. The summed E-state index contributed by atoms with van der Waals surface area (Å²) in [6.45, 7) is 5.69. The Bertz CT molecular complexity index is 1180. The van der Waals surface area contributed by atoms with Crippen molar-refractivity contribution >= 4 is 0 Å². The third kappa shape index (κ3) is 6.01. The molecule has 1 unspecified atom stereocenters. The van der Waals surface area contributed by atoms with Gasteiger partial charge in [-0.3, -0.25) is 0 Å². The van der Waals surface area contributed by atoms with E-state index in [0.717, 1.165) is 31.2 Å². The van der Waals surface area contributed by atoms with Crippen LogP contribution in [0.1, 0.15) is 55.2 Å². The summed E-state index contributed by atoms with van der Waals surface area (Å²) in [7, 11) is 0. The smallest absolute Gasteiger partial charge is 0.166 e. The van der Waals surface area contributed by atoms with Gasteiger partial charge in [0.05, 0.1) is 6.10 Å². The Hall–Kier alpha value is -3.05. The molecule has 1 saturated carbocycles. The Kier molecular flexibility index (Phi) is 8.52. The molecule has 5 heteroatoms. The first-order chi connectivity index (χ1) is 17.4. The number of ether oxygens (including phenoxy) is 1. The number of benzene rings is 3. The van der Waals surface area contributed by atoms with E-state index in [4.69, 9.17) is 4.74 Å². The summed E-state index contributed by atoms with van der Waals surface area (Å²) in [5, 5.41) is 9.80. The minimum absolute atomic E-state index is 0.0195. The number of halogens is 3. The fraction of sp³-hybridized carbons (Fsp3) is 0.355. The van der Waals surface area contributed by atoms with E-state index in [1.54, 1.807) is 49.4 Å². The lowest BCUT2D eigenvalue weighted by Crippen LogP contribution is -2.23. The first-order valence-corrected chi connectivity index (χ1v) is 12.6. The van der Waals surface area contributed by atoms with Gasteiger partial charge in [-0.05, 0) is 85.6 Å². The predicted molar refractivity (Wildman–Crippen MR) is 138 cm³/mol. The van der Waals surface area contributed by atoms with Gasteiger partial charge in [-0.25, -0.2) is 13.2 Å². The second kappa shape index (κ2) is 11.8. The SMILES string of the molecule is C=CCOc1ccc(CCc2ccc(-c3ccc(C4CCC(C(C)O)CC4)c(F)c3F)cc2)c(F)c1. The number of hydrogen-bond acceptors (Lipinski definition) is 2. The Morgan fingerprint density at radius 1 is 0.944 bits per heavy atom. The molecule has 1 N–H and O–H groups in total. The lowest BCUT2D eigenvalue weighted by Gasteiger charge is -2.30. The summed E-state index contributed by atoms with van der Waals surface area (Å²) in [6.07, 6.45) is 5.54. The van der Waals surface area contributed by atoms with Gasteiger partial charge in [0.25, 0.3) is 0 Å². The third-order valence-electron chi connectivity index (χ3n) is 7.35. The second-order valence-corrected chi connectivity index (χ2v) is 9.73. The van der Waals surface area contributed by atoms with Crippen molar-refractivity contribution in [2.24, 2.45) is 5.92 Å². The van der Waals surface area contributed by atoms with Gasteiger partial charge >= 0.3 is 0 Å². The van der Waals surface area contributed by atoms with Crippen molar-refractivity contribution in [2.75, 3.05) is 6.61 Å². The highest BCUT2D eigenvalue weighted by atomic mass is 19.2. The fourth-order valence-electron chi connectivity index (χ4n) is 5.12. The zero-order valence-electron chi connectivity index (χ0n) is 20.7. The van der Waals surface area contributed by atoms with Gasteiger partial charge in [-0.2, -0.15) is 0 Å². The predicted octanol–water partition coefficient (Wildman–Crippen LogP) is 7.78. The van der Waals surface area contributed by atoms with Gasteiger partial charge in [0, 0.05) is 11.6 Å². The Morgan fingerprint density at radius 3 is 2.31 bits per heavy atom. The molecule has 36 heavy (non-hydrogen) atoms. The molecule has 0 bridgehead atoms. The minimum Gasteiger partial charge on any atom is -0.489 e. The van der Waals surface area contributed by atoms with E-state index in [1.165, 1.54) is 6.07 Å². The topological polar surface area (TPSA) is 29.5 Å². The van der Waals surface area contributed by atoms with E-state index >= 15 is 8.78 Å². The van der Waals surface area contributed by atoms with Crippen LogP contribution in [0.4, 0.5) is 13.2 Å². The van der Waals surface area contributed by atoms with Crippen molar-refractivity contribution in [3.05, 3.63) is 101 Å². The molecule has 0 aliphatic heterocycles. The highest BCUT2D eigenvalue weighted by molar-refractivity contribution is 5.65. The number of aliphatic hydroxyl groups excluding tert-OH is 1. The molecule has 0 spiro atoms. The van der Waals surface area contributed by atoms with Gasteiger partial charge in [0.15, 0.2) is 11.6 Å². The quantitative estimate of drug-likeness (QED) is 0.308. The van der Waals surface area contributed by atoms with Crippen molar-refractivity contribution in [2.45, 2.75) is 57.5 Å². The Morgan fingerprint density at radius 2 is 1.67 bits per heavy atom. The van der Waals surface area contributed by atoms with E-state index in [2.05, 4.69) is 6.58 Å². The molecule has 0 aromatic heterocycles. The molecule has 2 nitrogen and oxygen atoms in total. The molecule has 190 valence electrons. The summed E-state index contributed by atoms with van der Waals surface area (Å²) in [4.78, 5) is 0. The van der Waals surface area contributed by atoms with Crippen LogP contribution in [0.15, 0.2) is 67.3 Å². The first kappa shape index (κ1) is 26.0. The van der Waals surface area contributed by atoms with E-state index < -0.39 is 11.6 Å². The first-order valence-electron chi connectivity index (χ1n) is 12.6. The molecule has 0 amide bonds. The van der Waals surface area contributed by atoms with Gasteiger partial charge in [0.1, 0.15) is 18.2 Å². The van der Waals surface area contributed by atoms with Crippen LogP contribution in [0.2, 0.25) is 0 Å². The molecule has 1 atom stereocenters. The lowest BCUT2D eigenvalue weighted by atomic mass is 9.76. The lowest BCUT2D eigenvalue weighted by molar-refractivity contribution is 0.0964. The average Bonchev–Trinajstić information content (AvgIpc) is 2.89. The van der Waals surface area contributed by atoms with Crippen molar-refractivity contribution in [3.63, 3.8) is 0 Å². The number of hydrogen-bond donors (Lipinski definition) is 1. The van der Waals surface area contributed by atoms with Crippen LogP contribution in [0.5, 0.6) is 5.75 Å². The van der Waals surface area contributed by atoms with E-state index in [9.17, 15) is 9.50 Å². The van der Waals surface area contributed by atoms with Crippen LogP contribution in [-0.2, 0) is 12.8 Å². The summed E-state index contributed by atoms with van der Waals surface area (Å²) >= 11 is 0. The van der Waals surface area contributed by atoms with Crippen molar-refractivity contribution < 1.29 is 23.0 Å². The van der Waals surface area contributed by atoms with Crippen LogP contribution in [0.25, 0.3) is 11.1 Å².